The molecule has 2 aromatic rings. The summed E-state index contributed by atoms with van der Waals surface area (Å²) in [4.78, 5) is 7.05. The van der Waals surface area contributed by atoms with Crippen LogP contribution in [0, 0.1) is 12.7 Å². The number of aryl methyl sites for hydroxylation is 1. The van der Waals surface area contributed by atoms with Gasteiger partial charge in [0, 0.05) is 12.4 Å². The number of benzene rings is 1. The summed E-state index contributed by atoms with van der Waals surface area (Å²) in [6, 6.07) is 5.01. The predicted molar refractivity (Wildman–Crippen MR) is 96.9 cm³/mol. The lowest BCUT2D eigenvalue weighted by atomic mass is 9.93. The van der Waals surface area contributed by atoms with Gasteiger partial charge in [-0.25, -0.2) is 9.37 Å². The normalized spacial score (nSPS) is 14.4. The van der Waals surface area contributed by atoms with Crippen LogP contribution in [0.2, 0.25) is 0 Å². The van der Waals surface area contributed by atoms with Crippen molar-refractivity contribution < 1.29 is 4.39 Å². The van der Waals surface area contributed by atoms with E-state index in [1.54, 1.807) is 43.6 Å². The van der Waals surface area contributed by atoms with E-state index in [4.69, 9.17) is 0 Å². The highest BCUT2D eigenvalue weighted by molar-refractivity contribution is 6.18. The topological polar surface area (TPSA) is 51.0 Å². The Morgan fingerprint density at radius 1 is 1.33 bits per heavy atom. The van der Waals surface area contributed by atoms with Crippen molar-refractivity contribution in [2.45, 2.75) is 13.3 Å². The Bertz CT molecular complexity index is 868. The Kier molecular flexibility index (Phi) is 4.66. The average Bonchev–Trinajstić information content (AvgIpc) is 2.98. The molecule has 1 aromatic carbocycles. The van der Waals surface area contributed by atoms with Crippen molar-refractivity contribution in [3.63, 3.8) is 0 Å². The number of aromatic amines is 1. The van der Waals surface area contributed by atoms with Gasteiger partial charge in [-0.3, -0.25) is 0 Å². The highest BCUT2D eigenvalue weighted by Crippen LogP contribution is 2.28. The Hall–Kier alpha value is -3.01. The van der Waals surface area contributed by atoms with E-state index in [0.29, 0.717) is 23.4 Å². The van der Waals surface area contributed by atoms with Crippen molar-refractivity contribution in [1.82, 2.24) is 9.97 Å². The number of hydrogen-bond donors (Lipinski definition) is 1. The predicted octanol–water partition coefficient (Wildman–Crippen LogP) is 4.85. The maximum atomic E-state index is 13.6. The number of nitrogens with zero attached hydrogens (tertiary/aromatic N) is 2. The van der Waals surface area contributed by atoms with Gasteiger partial charge in [0.05, 0.1) is 0 Å². The zero-order valence-electron chi connectivity index (χ0n) is 13.3. The first-order chi connectivity index (χ1) is 11.6. The van der Waals surface area contributed by atoms with Crippen LogP contribution < -0.4 is 0 Å². The fourth-order valence-electron chi connectivity index (χ4n) is 2.59. The van der Waals surface area contributed by atoms with Crippen LogP contribution in [0.15, 0.2) is 66.5 Å². The Balaban J connectivity index is 2.00. The standard InChI is InChI=1S/C20H17FN3/c1-14-13-15(7-8-18(14)21)16-5-3-2-4-6-17(16)19(22)9-10-20-23-11-12-24-20/h2-4,6-13H,5H2,1H3,(H,23,24)/q-1/b10-9-. The fraction of sp³-hybridized carbons (Fsp3) is 0.100. The smallest absolute Gasteiger partial charge is 0.129 e. The second-order valence-electron chi connectivity index (χ2n) is 5.54. The molecule has 0 aliphatic heterocycles. The van der Waals surface area contributed by atoms with Gasteiger partial charge < -0.3 is 10.4 Å². The second-order valence-corrected chi connectivity index (χ2v) is 5.54. The van der Waals surface area contributed by atoms with Crippen LogP contribution in [-0.2, 0) is 0 Å². The zero-order chi connectivity index (χ0) is 16.9. The highest BCUT2D eigenvalue weighted by atomic mass is 19.1. The number of H-pyrrole nitrogens is 1. The van der Waals surface area contributed by atoms with Crippen LogP contribution in [0.25, 0.3) is 17.1 Å². The molecule has 4 heteroatoms. The largest absolute Gasteiger partial charge is 0.803 e. The van der Waals surface area contributed by atoms with Crippen LogP contribution >= 0.6 is 0 Å². The van der Waals surface area contributed by atoms with Gasteiger partial charge in [0.25, 0.3) is 0 Å². The zero-order valence-corrected chi connectivity index (χ0v) is 13.3. The Labute approximate surface area is 140 Å². The van der Waals surface area contributed by atoms with Crippen LogP contribution in [0.1, 0.15) is 23.4 Å². The minimum absolute atomic E-state index is 0.142. The molecule has 0 saturated carbocycles. The molecule has 3 rings (SSSR count). The van der Waals surface area contributed by atoms with Crippen molar-refractivity contribution in [2.75, 3.05) is 0 Å². The molecule has 3 nitrogen and oxygen atoms in total. The molecule has 1 heterocycles. The van der Waals surface area contributed by atoms with Gasteiger partial charge >= 0.3 is 0 Å². The van der Waals surface area contributed by atoms with Gasteiger partial charge in [-0.2, -0.15) is 5.71 Å². The van der Waals surface area contributed by atoms with E-state index in [0.717, 1.165) is 11.1 Å². The average molecular weight is 318 g/mol. The molecule has 24 heavy (non-hydrogen) atoms. The van der Waals surface area contributed by atoms with E-state index in [2.05, 4.69) is 9.97 Å². The van der Waals surface area contributed by atoms with Gasteiger partial charge in [-0.1, -0.05) is 36.4 Å². The van der Waals surface area contributed by atoms with E-state index < -0.39 is 0 Å². The third kappa shape index (κ3) is 3.49. The monoisotopic (exact) mass is 318 g/mol. The molecule has 0 unspecified atom stereocenters. The third-order valence-corrected chi connectivity index (χ3v) is 3.86. The highest BCUT2D eigenvalue weighted by Gasteiger charge is 2.09. The molecule has 0 spiro atoms. The SMILES string of the molecule is Cc1cc(C2=C(C(=[N-])/C=C\c3ncc[nH]3)C=CC=CC2)ccc1F. The summed E-state index contributed by atoms with van der Waals surface area (Å²) in [5.74, 6) is 0.434. The Morgan fingerprint density at radius 2 is 2.21 bits per heavy atom. The molecule has 1 aliphatic rings. The van der Waals surface area contributed by atoms with Gasteiger partial charge in [-0.15, -0.1) is 0 Å². The van der Waals surface area contributed by atoms with Crippen molar-refractivity contribution in [3.8, 4) is 0 Å². The minimum atomic E-state index is -0.230. The number of rotatable bonds is 4. The first-order valence-electron chi connectivity index (χ1n) is 7.72. The van der Waals surface area contributed by atoms with Crippen LogP contribution in [-0.4, -0.2) is 15.7 Å². The van der Waals surface area contributed by atoms with Gasteiger partial charge in [0.2, 0.25) is 0 Å². The molecule has 1 aliphatic carbocycles. The van der Waals surface area contributed by atoms with Gasteiger partial charge in [0.1, 0.15) is 11.6 Å². The maximum Gasteiger partial charge on any atom is 0.129 e. The lowest BCUT2D eigenvalue weighted by molar-refractivity contribution is 0.618. The second kappa shape index (κ2) is 7.04. The molecule has 0 fully saturated rings. The first-order valence-corrected chi connectivity index (χ1v) is 7.72. The van der Waals surface area contributed by atoms with E-state index in [-0.39, 0.29) is 11.5 Å². The van der Waals surface area contributed by atoms with Crippen molar-refractivity contribution in [2.24, 2.45) is 0 Å². The summed E-state index contributed by atoms with van der Waals surface area (Å²) in [7, 11) is 0. The molecule has 0 radical (unpaired) electrons. The number of halogens is 1. The fourth-order valence-corrected chi connectivity index (χ4v) is 2.59. The van der Waals surface area contributed by atoms with Crippen LogP contribution in [0.4, 0.5) is 4.39 Å². The number of hydrogen-bond acceptors (Lipinski definition) is 1. The summed E-state index contributed by atoms with van der Waals surface area (Å²) < 4.78 is 13.6. The molecule has 1 aromatic heterocycles. The molecular weight excluding hydrogens is 301 g/mol. The molecule has 0 bridgehead atoms. The van der Waals surface area contributed by atoms with Crippen molar-refractivity contribution in [1.29, 1.82) is 0 Å². The van der Waals surface area contributed by atoms with Crippen molar-refractivity contribution >= 4 is 17.4 Å². The maximum absolute atomic E-state index is 13.6. The Morgan fingerprint density at radius 3 is 2.96 bits per heavy atom. The molecule has 120 valence electrons. The molecular formula is C20H17FN3-. The summed E-state index contributed by atoms with van der Waals surface area (Å²) in [6.07, 6.45) is 15.0. The van der Waals surface area contributed by atoms with E-state index in [1.165, 1.54) is 6.07 Å². The number of nitrogens with one attached hydrogen (secondary N) is 1. The number of imidazole rings is 1. The first kappa shape index (κ1) is 15.9. The third-order valence-electron chi connectivity index (χ3n) is 3.86. The van der Waals surface area contributed by atoms with E-state index >= 15 is 0 Å². The quantitative estimate of drug-likeness (QED) is 0.805. The van der Waals surface area contributed by atoms with Crippen LogP contribution in [0.3, 0.4) is 0 Å². The lowest BCUT2D eigenvalue weighted by Crippen LogP contribution is -2.00. The van der Waals surface area contributed by atoms with Crippen molar-refractivity contribution in [3.05, 3.63) is 94.7 Å². The van der Waals surface area contributed by atoms with Gasteiger partial charge in [-0.05, 0) is 53.8 Å². The van der Waals surface area contributed by atoms with E-state index in [1.807, 2.05) is 24.3 Å². The summed E-state index contributed by atoms with van der Waals surface area (Å²) in [5.41, 5.74) is 3.29. The summed E-state index contributed by atoms with van der Waals surface area (Å²) >= 11 is 0. The summed E-state index contributed by atoms with van der Waals surface area (Å²) in [5, 5.41) is 10.5. The van der Waals surface area contributed by atoms with Crippen LogP contribution in [0.5, 0.6) is 0 Å². The van der Waals surface area contributed by atoms with Gasteiger partial charge in [0.15, 0.2) is 0 Å². The number of aromatic nitrogens is 2. The number of allylic oxidation sites excluding steroid dienone is 7. The van der Waals surface area contributed by atoms with E-state index in [9.17, 15) is 9.80 Å². The molecule has 0 saturated heterocycles. The molecule has 1 N–H and O–H groups in total. The lowest BCUT2D eigenvalue weighted by Gasteiger charge is -2.16. The molecule has 0 amide bonds. The molecule has 0 atom stereocenters. The minimum Gasteiger partial charge on any atom is -0.803 e. The summed E-state index contributed by atoms with van der Waals surface area (Å²) in [6.45, 7) is 1.74.